The standard InChI is InChI=1S/C9H13F3N2S/c1-2-3-13-5-7-6-14-8(15-7)4-9(10,11)12/h6,13H,2-5H2,1H3. The van der Waals surface area contributed by atoms with Crippen LogP contribution >= 0.6 is 11.3 Å². The maximum Gasteiger partial charge on any atom is 0.395 e. The van der Waals surface area contributed by atoms with Gasteiger partial charge in [0, 0.05) is 17.6 Å². The zero-order valence-electron chi connectivity index (χ0n) is 8.40. The predicted octanol–water partition coefficient (Wildman–Crippen LogP) is 2.75. The molecule has 0 aliphatic heterocycles. The van der Waals surface area contributed by atoms with Crippen LogP contribution in [-0.2, 0) is 13.0 Å². The van der Waals surface area contributed by atoms with E-state index in [4.69, 9.17) is 0 Å². The van der Waals surface area contributed by atoms with Gasteiger partial charge in [-0.25, -0.2) is 4.98 Å². The Hall–Kier alpha value is -0.620. The molecule has 1 aromatic heterocycles. The fraction of sp³-hybridized carbons (Fsp3) is 0.667. The molecule has 0 aliphatic rings. The lowest BCUT2D eigenvalue weighted by Gasteiger charge is -2.01. The Morgan fingerprint density at radius 1 is 1.47 bits per heavy atom. The molecule has 0 amide bonds. The number of thiazole rings is 1. The van der Waals surface area contributed by atoms with Gasteiger partial charge in [-0.1, -0.05) is 6.92 Å². The van der Waals surface area contributed by atoms with Crippen LogP contribution in [0.4, 0.5) is 13.2 Å². The van der Waals surface area contributed by atoms with Crippen molar-refractivity contribution in [2.45, 2.75) is 32.5 Å². The van der Waals surface area contributed by atoms with Crippen LogP contribution in [0.5, 0.6) is 0 Å². The van der Waals surface area contributed by atoms with E-state index in [-0.39, 0.29) is 5.01 Å². The lowest BCUT2D eigenvalue weighted by molar-refractivity contribution is -0.127. The van der Waals surface area contributed by atoms with Gasteiger partial charge in [0.25, 0.3) is 0 Å². The first-order chi connectivity index (χ1) is 7.01. The van der Waals surface area contributed by atoms with E-state index >= 15 is 0 Å². The highest BCUT2D eigenvalue weighted by Gasteiger charge is 2.29. The van der Waals surface area contributed by atoms with Gasteiger partial charge in [0.2, 0.25) is 0 Å². The lowest BCUT2D eigenvalue weighted by Crippen LogP contribution is -2.12. The average Bonchev–Trinajstić information content (AvgIpc) is 2.50. The van der Waals surface area contributed by atoms with Gasteiger partial charge >= 0.3 is 6.18 Å². The second kappa shape index (κ2) is 5.46. The molecule has 0 saturated heterocycles. The van der Waals surface area contributed by atoms with Gasteiger partial charge in [-0.2, -0.15) is 13.2 Å². The van der Waals surface area contributed by atoms with E-state index in [0.29, 0.717) is 6.54 Å². The summed E-state index contributed by atoms with van der Waals surface area (Å²) in [7, 11) is 0. The molecule has 0 atom stereocenters. The van der Waals surface area contributed by atoms with Crippen LogP contribution in [0.3, 0.4) is 0 Å². The zero-order chi connectivity index (χ0) is 11.3. The summed E-state index contributed by atoms with van der Waals surface area (Å²) in [5.41, 5.74) is 0. The van der Waals surface area contributed by atoms with E-state index in [2.05, 4.69) is 10.3 Å². The predicted molar refractivity (Wildman–Crippen MR) is 53.9 cm³/mol. The summed E-state index contributed by atoms with van der Waals surface area (Å²) in [6, 6.07) is 0. The molecule has 0 fully saturated rings. The molecule has 6 heteroatoms. The highest BCUT2D eigenvalue weighted by atomic mass is 32.1. The first kappa shape index (κ1) is 12.4. The SMILES string of the molecule is CCCNCc1cnc(CC(F)(F)F)s1. The van der Waals surface area contributed by atoms with Crippen LogP contribution in [-0.4, -0.2) is 17.7 Å². The molecule has 1 heterocycles. The summed E-state index contributed by atoms with van der Waals surface area (Å²) in [4.78, 5) is 4.59. The van der Waals surface area contributed by atoms with Gasteiger partial charge in [0.1, 0.15) is 5.01 Å². The largest absolute Gasteiger partial charge is 0.395 e. The second-order valence-corrected chi connectivity index (χ2v) is 4.39. The molecule has 86 valence electrons. The zero-order valence-corrected chi connectivity index (χ0v) is 9.21. The first-order valence-electron chi connectivity index (χ1n) is 4.72. The molecule has 1 rings (SSSR count). The Labute approximate surface area is 90.5 Å². The number of nitrogens with zero attached hydrogens (tertiary/aromatic N) is 1. The van der Waals surface area contributed by atoms with Crippen molar-refractivity contribution in [2.75, 3.05) is 6.54 Å². The Morgan fingerprint density at radius 3 is 2.80 bits per heavy atom. The Kier molecular flexibility index (Phi) is 4.53. The summed E-state index contributed by atoms with van der Waals surface area (Å²) in [5.74, 6) is 0. The molecular formula is C9H13F3N2S. The minimum Gasteiger partial charge on any atom is -0.312 e. The van der Waals surface area contributed by atoms with Crippen LogP contribution in [0.15, 0.2) is 6.20 Å². The highest BCUT2D eigenvalue weighted by Crippen LogP contribution is 2.24. The lowest BCUT2D eigenvalue weighted by atomic mass is 10.4. The van der Waals surface area contributed by atoms with Crippen LogP contribution in [0.1, 0.15) is 23.2 Å². The second-order valence-electron chi connectivity index (χ2n) is 3.19. The molecule has 0 radical (unpaired) electrons. The molecule has 0 saturated carbocycles. The smallest absolute Gasteiger partial charge is 0.312 e. The van der Waals surface area contributed by atoms with Crippen molar-refractivity contribution in [3.63, 3.8) is 0 Å². The van der Waals surface area contributed by atoms with E-state index in [1.165, 1.54) is 6.20 Å². The number of nitrogens with one attached hydrogen (secondary N) is 1. The number of hydrogen-bond acceptors (Lipinski definition) is 3. The molecule has 0 unspecified atom stereocenters. The van der Waals surface area contributed by atoms with E-state index in [9.17, 15) is 13.2 Å². The third-order valence-electron chi connectivity index (χ3n) is 1.68. The van der Waals surface area contributed by atoms with Crippen molar-refractivity contribution in [2.24, 2.45) is 0 Å². The van der Waals surface area contributed by atoms with Gasteiger partial charge in [-0.05, 0) is 13.0 Å². The average molecular weight is 238 g/mol. The van der Waals surface area contributed by atoms with Crippen LogP contribution < -0.4 is 5.32 Å². The minimum absolute atomic E-state index is 0.135. The van der Waals surface area contributed by atoms with Crippen molar-refractivity contribution in [1.29, 1.82) is 0 Å². The summed E-state index contributed by atoms with van der Waals surface area (Å²) in [6.07, 6.45) is -2.57. The van der Waals surface area contributed by atoms with E-state index in [1.54, 1.807) is 0 Å². The number of alkyl halides is 3. The molecular weight excluding hydrogens is 225 g/mol. The maximum absolute atomic E-state index is 12.0. The molecule has 2 nitrogen and oxygen atoms in total. The molecule has 0 bridgehead atoms. The van der Waals surface area contributed by atoms with Crippen molar-refractivity contribution >= 4 is 11.3 Å². The molecule has 1 N–H and O–H groups in total. The summed E-state index contributed by atoms with van der Waals surface area (Å²) in [6.45, 7) is 3.50. The normalized spacial score (nSPS) is 12.0. The van der Waals surface area contributed by atoms with Crippen molar-refractivity contribution in [1.82, 2.24) is 10.3 Å². The van der Waals surface area contributed by atoms with Crippen molar-refractivity contribution < 1.29 is 13.2 Å². The van der Waals surface area contributed by atoms with Crippen molar-refractivity contribution in [3.05, 3.63) is 16.1 Å². The Morgan fingerprint density at radius 2 is 2.20 bits per heavy atom. The number of halogens is 3. The molecule has 0 spiro atoms. The third kappa shape index (κ3) is 5.13. The van der Waals surface area contributed by atoms with Gasteiger partial charge in [0.15, 0.2) is 0 Å². The number of rotatable bonds is 5. The Bertz CT molecular complexity index is 296. The maximum atomic E-state index is 12.0. The van der Waals surface area contributed by atoms with E-state index < -0.39 is 12.6 Å². The summed E-state index contributed by atoms with van der Waals surface area (Å²) < 4.78 is 36.0. The van der Waals surface area contributed by atoms with Crippen molar-refractivity contribution in [3.8, 4) is 0 Å². The minimum atomic E-state index is -4.16. The number of aromatic nitrogens is 1. The van der Waals surface area contributed by atoms with Gasteiger partial charge in [-0.15, -0.1) is 11.3 Å². The first-order valence-corrected chi connectivity index (χ1v) is 5.54. The van der Waals surface area contributed by atoms with Crippen LogP contribution in [0.25, 0.3) is 0 Å². The monoisotopic (exact) mass is 238 g/mol. The quantitative estimate of drug-likeness (QED) is 0.798. The van der Waals surface area contributed by atoms with Gasteiger partial charge in [-0.3, -0.25) is 0 Å². The van der Waals surface area contributed by atoms with Gasteiger partial charge < -0.3 is 5.32 Å². The molecule has 1 aromatic rings. The molecule has 0 aliphatic carbocycles. The summed E-state index contributed by atoms with van der Waals surface area (Å²) in [5, 5.41) is 3.25. The van der Waals surface area contributed by atoms with Crippen LogP contribution in [0.2, 0.25) is 0 Å². The fourth-order valence-corrected chi connectivity index (χ4v) is 1.99. The highest BCUT2D eigenvalue weighted by molar-refractivity contribution is 7.11. The third-order valence-corrected chi connectivity index (χ3v) is 2.68. The Balaban J connectivity index is 2.42. The van der Waals surface area contributed by atoms with E-state index in [0.717, 1.165) is 29.2 Å². The molecule has 0 aromatic carbocycles. The fourth-order valence-electron chi connectivity index (χ4n) is 1.07. The van der Waals surface area contributed by atoms with Gasteiger partial charge in [0.05, 0.1) is 6.42 Å². The van der Waals surface area contributed by atoms with E-state index in [1.807, 2.05) is 6.92 Å². The topological polar surface area (TPSA) is 24.9 Å². The molecule has 15 heavy (non-hydrogen) atoms. The van der Waals surface area contributed by atoms with Crippen LogP contribution in [0, 0.1) is 0 Å². The number of hydrogen-bond donors (Lipinski definition) is 1. The summed E-state index contributed by atoms with van der Waals surface area (Å²) >= 11 is 1.12.